The number of rotatable bonds is 4. The molecule has 2 rings (SSSR count). The van der Waals surface area contributed by atoms with E-state index in [1.165, 1.54) is 0 Å². The van der Waals surface area contributed by atoms with Gasteiger partial charge in [-0.15, -0.1) is 0 Å². The van der Waals surface area contributed by atoms with Crippen molar-refractivity contribution in [3.8, 4) is 0 Å². The first kappa shape index (κ1) is 15.5. The van der Waals surface area contributed by atoms with Crippen LogP contribution in [-0.2, 0) is 15.8 Å². The monoisotopic (exact) mass is 296 g/mol. The molecule has 1 aliphatic heterocycles. The molecule has 0 spiro atoms. The van der Waals surface area contributed by atoms with E-state index < -0.39 is 10.0 Å². The molecule has 0 aliphatic carbocycles. The zero-order valence-corrected chi connectivity index (χ0v) is 13.4. The van der Waals surface area contributed by atoms with Crippen LogP contribution in [0.25, 0.3) is 0 Å². The third-order valence-corrected chi connectivity index (χ3v) is 5.97. The Morgan fingerprint density at radius 3 is 2.35 bits per heavy atom. The fourth-order valence-electron chi connectivity index (χ4n) is 2.70. The summed E-state index contributed by atoms with van der Waals surface area (Å²) in [5.41, 5.74) is 1.95. The average Bonchev–Trinajstić information content (AvgIpc) is 2.41. The number of hydrogen-bond acceptors (Lipinski definition) is 3. The average molecular weight is 296 g/mol. The van der Waals surface area contributed by atoms with E-state index in [0.717, 1.165) is 24.0 Å². The number of piperidine rings is 1. The van der Waals surface area contributed by atoms with Gasteiger partial charge in [-0.3, -0.25) is 0 Å². The fourth-order valence-corrected chi connectivity index (χ4v) is 4.36. The molecule has 0 unspecified atom stereocenters. The van der Waals surface area contributed by atoms with Gasteiger partial charge >= 0.3 is 0 Å². The maximum Gasteiger partial charge on any atom is 0.218 e. The minimum absolute atomic E-state index is 0.117. The molecule has 5 heteroatoms. The van der Waals surface area contributed by atoms with Crippen LogP contribution in [0.5, 0.6) is 0 Å². The summed E-state index contributed by atoms with van der Waals surface area (Å²) in [6.07, 6.45) is 1.83. The molecule has 112 valence electrons. The van der Waals surface area contributed by atoms with E-state index in [4.69, 9.17) is 0 Å². The number of sulfonamides is 1. The van der Waals surface area contributed by atoms with Gasteiger partial charge in [0, 0.05) is 19.1 Å². The van der Waals surface area contributed by atoms with Gasteiger partial charge in [0.15, 0.2) is 0 Å². The molecule has 1 aliphatic rings. The van der Waals surface area contributed by atoms with E-state index in [9.17, 15) is 8.42 Å². The number of nitrogens with zero attached hydrogens (tertiary/aromatic N) is 2. The van der Waals surface area contributed by atoms with E-state index in [2.05, 4.69) is 19.0 Å². The van der Waals surface area contributed by atoms with Crippen molar-refractivity contribution in [1.29, 1.82) is 0 Å². The van der Waals surface area contributed by atoms with Crippen molar-refractivity contribution < 1.29 is 8.42 Å². The standard InChI is InChI=1S/C15H24N2O2S/c1-13-6-4-5-7-14(13)12-20(18,19)17-10-8-15(9-11-17)16(2)3/h4-7,15H,8-12H2,1-3H3. The van der Waals surface area contributed by atoms with Crippen LogP contribution in [0.3, 0.4) is 0 Å². The molecule has 0 aromatic heterocycles. The first-order chi connectivity index (χ1) is 9.40. The summed E-state index contributed by atoms with van der Waals surface area (Å²) in [4.78, 5) is 2.19. The summed E-state index contributed by atoms with van der Waals surface area (Å²) in [6.45, 7) is 3.23. The molecule has 0 saturated carbocycles. The maximum atomic E-state index is 12.5. The number of benzene rings is 1. The van der Waals surface area contributed by atoms with Crippen molar-refractivity contribution in [2.75, 3.05) is 27.2 Å². The van der Waals surface area contributed by atoms with Crippen molar-refractivity contribution in [3.63, 3.8) is 0 Å². The lowest BCUT2D eigenvalue weighted by molar-refractivity contribution is 0.196. The van der Waals surface area contributed by atoms with Crippen molar-refractivity contribution in [2.24, 2.45) is 0 Å². The predicted octanol–water partition coefficient (Wildman–Crippen LogP) is 1.85. The van der Waals surface area contributed by atoms with E-state index in [1.54, 1.807) is 4.31 Å². The molecular formula is C15H24N2O2S. The Morgan fingerprint density at radius 2 is 1.80 bits per heavy atom. The maximum absolute atomic E-state index is 12.5. The first-order valence-corrected chi connectivity index (χ1v) is 8.70. The predicted molar refractivity (Wildman–Crippen MR) is 82.1 cm³/mol. The molecule has 0 N–H and O–H groups in total. The highest BCUT2D eigenvalue weighted by atomic mass is 32.2. The molecule has 0 atom stereocenters. The number of aryl methyl sites for hydroxylation is 1. The van der Waals surface area contributed by atoms with Crippen molar-refractivity contribution in [2.45, 2.75) is 31.6 Å². The Labute approximate surface area is 122 Å². The quantitative estimate of drug-likeness (QED) is 0.851. The third kappa shape index (κ3) is 3.59. The molecule has 1 fully saturated rings. The van der Waals surface area contributed by atoms with Crippen molar-refractivity contribution >= 4 is 10.0 Å². The molecule has 0 amide bonds. The highest BCUT2D eigenvalue weighted by Gasteiger charge is 2.28. The van der Waals surface area contributed by atoms with Crippen molar-refractivity contribution in [3.05, 3.63) is 35.4 Å². The van der Waals surface area contributed by atoms with Crippen LogP contribution in [0.1, 0.15) is 24.0 Å². The summed E-state index contributed by atoms with van der Waals surface area (Å²) in [6, 6.07) is 8.20. The Balaban J connectivity index is 2.04. The van der Waals surface area contributed by atoms with Gasteiger partial charge in [-0.05, 0) is 45.0 Å². The van der Waals surface area contributed by atoms with E-state index in [-0.39, 0.29) is 5.75 Å². The van der Waals surface area contributed by atoms with Gasteiger partial charge in [0.05, 0.1) is 5.75 Å². The lowest BCUT2D eigenvalue weighted by Crippen LogP contribution is -2.44. The van der Waals surface area contributed by atoms with Crippen LogP contribution in [0.4, 0.5) is 0 Å². The summed E-state index contributed by atoms with van der Waals surface area (Å²) in [5, 5.41) is 0. The van der Waals surface area contributed by atoms with Gasteiger partial charge in [0.25, 0.3) is 0 Å². The summed E-state index contributed by atoms with van der Waals surface area (Å²) in [5.74, 6) is 0.117. The van der Waals surface area contributed by atoms with Crippen LogP contribution in [-0.4, -0.2) is 50.8 Å². The third-order valence-electron chi connectivity index (χ3n) is 4.15. The van der Waals surface area contributed by atoms with Crippen molar-refractivity contribution in [1.82, 2.24) is 9.21 Å². The van der Waals surface area contributed by atoms with Gasteiger partial charge < -0.3 is 4.90 Å². The molecule has 20 heavy (non-hydrogen) atoms. The van der Waals surface area contributed by atoms with Crippen LogP contribution in [0, 0.1) is 6.92 Å². The largest absolute Gasteiger partial charge is 0.306 e. The van der Waals surface area contributed by atoms with Gasteiger partial charge in [0.1, 0.15) is 0 Å². The van der Waals surface area contributed by atoms with Gasteiger partial charge in [-0.2, -0.15) is 0 Å². The topological polar surface area (TPSA) is 40.6 Å². The van der Waals surface area contributed by atoms with Gasteiger partial charge in [-0.25, -0.2) is 12.7 Å². The molecule has 0 radical (unpaired) electrons. The first-order valence-electron chi connectivity index (χ1n) is 7.09. The van der Waals surface area contributed by atoms with Crippen LogP contribution in [0.2, 0.25) is 0 Å². The summed E-state index contributed by atoms with van der Waals surface area (Å²) in [7, 11) is 0.922. The van der Waals surface area contributed by atoms with Gasteiger partial charge in [0.2, 0.25) is 10.0 Å². The Morgan fingerprint density at radius 1 is 1.20 bits per heavy atom. The molecule has 1 saturated heterocycles. The second-order valence-electron chi connectivity index (χ2n) is 5.78. The highest BCUT2D eigenvalue weighted by Crippen LogP contribution is 2.20. The molecule has 4 nitrogen and oxygen atoms in total. The van der Waals surface area contributed by atoms with E-state index in [0.29, 0.717) is 19.1 Å². The minimum atomic E-state index is -3.19. The Bertz CT molecular complexity index is 547. The van der Waals surface area contributed by atoms with Crippen LogP contribution >= 0.6 is 0 Å². The van der Waals surface area contributed by atoms with E-state index in [1.807, 2.05) is 31.2 Å². The molecule has 1 aromatic rings. The lowest BCUT2D eigenvalue weighted by Gasteiger charge is -2.34. The molecule has 1 aromatic carbocycles. The highest BCUT2D eigenvalue weighted by molar-refractivity contribution is 7.88. The van der Waals surface area contributed by atoms with Crippen LogP contribution < -0.4 is 0 Å². The molecule has 0 bridgehead atoms. The molecular weight excluding hydrogens is 272 g/mol. The Hall–Kier alpha value is -0.910. The summed E-state index contributed by atoms with van der Waals surface area (Å²) < 4.78 is 26.6. The second-order valence-corrected chi connectivity index (χ2v) is 7.75. The zero-order valence-electron chi connectivity index (χ0n) is 12.5. The number of hydrogen-bond donors (Lipinski definition) is 0. The molecule has 1 heterocycles. The fraction of sp³-hybridized carbons (Fsp3) is 0.600. The summed E-state index contributed by atoms with van der Waals surface area (Å²) >= 11 is 0. The van der Waals surface area contributed by atoms with Crippen LogP contribution in [0.15, 0.2) is 24.3 Å². The van der Waals surface area contributed by atoms with Gasteiger partial charge in [-0.1, -0.05) is 24.3 Å². The minimum Gasteiger partial charge on any atom is -0.306 e. The second kappa shape index (κ2) is 6.24. The lowest BCUT2D eigenvalue weighted by atomic mass is 10.1. The van der Waals surface area contributed by atoms with E-state index >= 15 is 0 Å². The normalized spacial score (nSPS) is 18.6. The zero-order chi connectivity index (χ0) is 14.8. The smallest absolute Gasteiger partial charge is 0.218 e. The SMILES string of the molecule is Cc1ccccc1CS(=O)(=O)N1CCC(N(C)C)CC1. The Kier molecular flexibility index (Phi) is 4.83.